The van der Waals surface area contributed by atoms with E-state index in [9.17, 15) is 14.6 Å². The van der Waals surface area contributed by atoms with E-state index in [1.807, 2.05) is 78.9 Å². The molecule has 0 aliphatic heterocycles. The lowest BCUT2D eigenvalue weighted by Crippen LogP contribution is -2.28. The Bertz CT molecular complexity index is 1190. The van der Waals surface area contributed by atoms with Gasteiger partial charge < -0.3 is 15.5 Å². The third kappa shape index (κ3) is 5.15. The number of hydrogen-bond donors (Lipinski definition) is 3. The van der Waals surface area contributed by atoms with Gasteiger partial charge in [-0.3, -0.25) is 0 Å². The second-order valence-corrected chi connectivity index (χ2v) is 7.31. The second-order valence-electron chi connectivity index (χ2n) is 7.31. The van der Waals surface area contributed by atoms with Crippen LogP contribution in [0.1, 0.15) is 22.9 Å². The Balaban J connectivity index is 1.55. The summed E-state index contributed by atoms with van der Waals surface area (Å²) in [5, 5.41) is 24.0. The van der Waals surface area contributed by atoms with E-state index in [1.54, 1.807) is 6.07 Å². The summed E-state index contributed by atoms with van der Waals surface area (Å²) in [6, 6.07) is 25.2. The number of pyridine rings is 1. The van der Waals surface area contributed by atoms with Crippen molar-refractivity contribution in [1.29, 1.82) is 0 Å². The van der Waals surface area contributed by atoms with Crippen LogP contribution >= 0.6 is 0 Å². The lowest BCUT2D eigenvalue weighted by molar-refractivity contribution is 0.0795. The fourth-order valence-corrected chi connectivity index (χ4v) is 3.46. The Labute approximate surface area is 180 Å². The van der Waals surface area contributed by atoms with Crippen molar-refractivity contribution in [2.75, 3.05) is 11.9 Å². The molecule has 156 valence electrons. The van der Waals surface area contributed by atoms with Crippen molar-refractivity contribution in [2.45, 2.75) is 12.1 Å². The average Bonchev–Trinajstić information content (AvgIpc) is 2.81. The number of hydrogen-bond acceptors (Lipinski definition) is 4. The molecular weight excluding hydrogens is 391 g/mol. The summed E-state index contributed by atoms with van der Waals surface area (Å²) in [6.07, 6.45) is 2.86. The van der Waals surface area contributed by atoms with Gasteiger partial charge in [-0.15, -0.1) is 0 Å². The number of rotatable bonds is 7. The molecule has 0 saturated carbocycles. The molecule has 1 heterocycles. The molecule has 0 spiro atoms. The van der Waals surface area contributed by atoms with Gasteiger partial charge in [-0.05, 0) is 47.5 Å². The third-order valence-corrected chi connectivity index (χ3v) is 5.06. The topological polar surface area (TPSA) is 65.4 Å². The zero-order valence-electron chi connectivity index (χ0n) is 16.8. The average molecular weight is 414 g/mol. The minimum absolute atomic E-state index is 0.307. The number of nitrogens with one attached hydrogen (secondary N) is 1. The van der Waals surface area contributed by atoms with Crippen molar-refractivity contribution >= 4 is 28.7 Å². The van der Waals surface area contributed by atoms with Crippen molar-refractivity contribution in [3.8, 4) is 0 Å². The maximum atomic E-state index is 13.5. The molecule has 4 nitrogen and oxygen atoms in total. The normalized spacial score (nSPS) is 13.4. The molecule has 3 aromatic carbocycles. The van der Waals surface area contributed by atoms with E-state index in [0.717, 1.165) is 27.9 Å². The van der Waals surface area contributed by atoms with Crippen LogP contribution in [0.3, 0.4) is 0 Å². The number of aromatic nitrogens is 1. The van der Waals surface area contributed by atoms with Crippen molar-refractivity contribution in [2.24, 2.45) is 0 Å². The van der Waals surface area contributed by atoms with E-state index in [2.05, 4.69) is 10.3 Å². The number of benzene rings is 3. The summed E-state index contributed by atoms with van der Waals surface area (Å²) >= 11 is 0. The summed E-state index contributed by atoms with van der Waals surface area (Å²) in [5.74, 6) is -0.307. The molecule has 0 bridgehead atoms. The molecule has 1 aromatic heterocycles. The van der Waals surface area contributed by atoms with Gasteiger partial charge in [-0.2, -0.15) is 0 Å². The largest absolute Gasteiger partial charge is 0.394 e. The van der Waals surface area contributed by atoms with Crippen molar-refractivity contribution < 1.29 is 14.6 Å². The van der Waals surface area contributed by atoms with Crippen LogP contribution < -0.4 is 5.32 Å². The van der Waals surface area contributed by atoms with E-state index in [1.165, 1.54) is 12.1 Å². The zero-order chi connectivity index (χ0) is 21.6. The molecule has 0 radical (unpaired) electrons. The Morgan fingerprint density at radius 2 is 1.71 bits per heavy atom. The van der Waals surface area contributed by atoms with Gasteiger partial charge in [-0.1, -0.05) is 54.6 Å². The van der Waals surface area contributed by atoms with Crippen molar-refractivity contribution in [3.63, 3.8) is 0 Å². The lowest BCUT2D eigenvalue weighted by Gasteiger charge is -2.24. The fraction of sp³-hybridized carbons (Fsp3) is 0.115. The Morgan fingerprint density at radius 1 is 0.903 bits per heavy atom. The summed E-state index contributed by atoms with van der Waals surface area (Å²) < 4.78 is 13.5. The summed E-state index contributed by atoms with van der Waals surface area (Å²) in [6.45, 7) is -0.347. The standard InChI is InChI=1S/C26H23FN2O2/c27-21-12-10-19-11-14-22(28-24(19)16-21)13-9-18-5-4-8-23(15-18)29-26(25(31)17-30)20-6-2-1-3-7-20/h1-16,25-26,29-31H,17H2/b13-9+. The van der Waals surface area contributed by atoms with E-state index in [0.29, 0.717) is 5.52 Å². The Hall–Kier alpha value is -3.54. The smallest absolute Gasteiger partial charge is 0.125 e. The quantitative estimate of drug-likeness (QED) is 0.396. The van der Waals surface area contributed by atoms with E-state index >= 15 is 0 Å². The first-order valence-electron chi connectivity index (χ1n) is 10.1. The van der Waals surface area contributed by atoms with Gasteiger partial charge in [0.05, 0.1) is 23.9 Å². The molecule has 4 aromatic rings. The molecule has 0 aliphatic carbocycles. The minimum atomic E-state index is -0.941. The van der Waals surface area contributed by atoms with Crippen LogP contribution in [-0.2, 0) is 0 Å². The maximum Gasteiger partial charge on any atom is 0.125 e. The molecule has 0 fully saturated rings. The van der Waals surface area contributed by atoms with Gasteiger partial charge in [0.15, 0.2) is 0 Å². The molecule has 5 heteroatoms. The molecule has 0 saturated heterocycles. The second kappa shape index (κ2) is 9.51. The predicted octanol–water partition coefficient (Wildman–Crippen LogP) is 5.05. The number of anilines is 1. The Morgan fingerprint density at radius 3 is 2.52 bits per heavy atom. The van der Waals surface area contributed by atoms with Gasteiger partial charge in [0.1, 0.15) is 11.9 Å². The van der Waals surface area contributed by atoms with Crippen LogP contribution in [0.4, 0.5) is 10.1 Å². The molecule has 2 atom stereocenters. The van der Waals surface area contributed by atoms with E-state index < -0.39 is 12.1 Å². The minimum Gasteiger partial charge on any atom is -0.394 e. The number of fused-ring (bicyclic) bond motifs is 1. The summed E-state index contributed by atoms with van der Waals surface area (Å²) in [7, 11) is 0. The monoisotopic (exact) mass is 414 g/mol. The van der Waals surface area contributed by atoms with Crippen LogP contribution in [0, 0.1) is 5.82 Å². The third-order valence-electron chi connectivity index (χ3n) is 5.06. The zero-order valence-corrected chi connectivity index (χ0v) is 16.8. The van der Waals surface area contributed by atoms with E-state index in [-0.39, 0.29) is 12.4 Å². The summed E-state index contributed by atoms with van der Waals surface area (Å²) in [5.41, 5.74) is 3.99. The SMILES string of the molecule is OCC(O)C(Nc1cccc(/C=C/c2ccc3ccc(F)cc3n2)c1)c1ccccc1. The highest BCUT2D eigenvalue weighted by Crippen LogP contribution is 2.24. The van der Waals surface area contributed by atoms with Crippen LogP contribution in [0.5, 0.6) is 0 Å². The van der Waals surface area contributed by atoms with Gasteiger partial charge in [0.2, 0.25) is 0 Å². The van der Waals surface area contributed by atoms with Gasteiger partial charge in [-0.25, -0.2) is 9.37 Å². The molecule has 0 aliphatic rings. The first kappa shape index (κ1) is 20.7. The molecule has 3 N–H and O–H groups in total. The lowest BCUT2D eigenvalue weighted by atomic mass is 10.0. The van der Waals surface area contributed by atoms with Crippen LogP contribution in [0.2, 0.25) is 0 Å². The number of aliphatic hydroxyl groups is 2. The molecule has 0 amide bonds. The highest BCUT2D eigenvalue weighted by molar-refractivity contribution is 5.81. The van der Waals surface area contributed by atoms with Gasteiger partial charge in [0.25, 0.3) is 0 Å². The van der Waals surface area contributed by atoms with Crippen molar-refractivity contribution in [1.82, 2.24) is 4.98 Å². The molecular formula is C26H23FN2O2. The van der Waals surface area contributed by atoms with Crippen LogP contribution in [0.15, 0.2) is 84.9 Å². The van der Waals surface area contributed by atoms with Gasteiger partial charge >= 0.3 is 0 Å². The maximum absolute atomic E-state index is 13.5. The van der Waals surface area contributed by atoms with Gasteiger partial charge in [0, 0.05) is 17.1 Å². The molecule has 2 unspecified atom stereocenters. The highest BCUT2D eigenvalue weighted by atomic mass is 19.1. The molecule has 4 rings (SSSR count). The molecule has 31 heavy (non-hydrogen) atoms. The number of nitrogens with zero attached hydrogens (tertiary/aromatic N) is 1. The van der Waals surface area contributed by atoms with Crippen LogP contribution in [0.25, 0.3) is 23.1 Å². The number of aliphatic hydroxyl groups excluding tert-OH is 2. The Kier molecular flexibility index (Phi) is 6.36. The highest BCUT2D eigenvalue weighted by Gasteiger charge is 2.20. The first-order chi connectivity index (χ1) is 15.1. The van der Waals surface area contributed by atoms with Crippen molar-refractivity contribution in [3.05, 3.63) is 108 Å². The number of halogens is 1. The van der Waals surface area contributed by atoms with E-state index in [4.69, 9.17) is 0 Å². The fourth-order valence-electron chi connectivity index (χ4n) is 3.46. The predicted molar refractivity (Wildman–Crippen MR) is 123 cm³/mol. The summed E-state index contributed by atoms with van der Waals surface area (Å²) in [4.78, 5) is 4.49. The first-order valence-corrected chi connectivity index (χ1v) is 10.1. The van der Waals surface area contributed by atoms with Crippen LogP contribution in [-0.4, -0.2) is 27.9 Å².